The number of carboxylic acid groups (broad SMARTS) is 1. The number of piperidine rings is 1. The second kappa shape index (κ2) is 11.0. The highest BCUT2D eigenvalue weighted by Gasteiger charge is 2.38. The van der Waals surface area contributed by atoms with E-state index < -0.39 is 12.1 Å². The molecule has 32 heavy (non-hydrogen) atoms. The molecule has 0 aliphatic carbocycles. The van der Waals surface area contributed by atoms with Gasteiger partial charge in [0.2, 0.25) is 0 Å². The van der Waals surface area contributed by atoms with E-state index in [1.807, 2.05) is 48.2 Å². The average Bonchev–Trinajstić information content (AvgIpc) is 2.78. The van der Waals surface area contributed by atoms with E-state index in [0.717, 1.165) is 37.2 Å². The third-order valence-electron chi connectivity index (χ3n) is 5.31. The Morgan fingerprint density at radius 3 is 2.12 bits per heavy atom. The average molecular weight is 451 g/mol. The molecule has 3 N–H and O–H groups in total. The number of likely N-dealkylation sites (tertiary alicyclic amines) is 1. The standard InChI is InChI=1S/C21H27N3O.C2HF3O2/c1-23(2)20-8-6-18(7-9-20)21(25)24-12-10-17(11-13-24)19-5-3-4-16(14-19)15-22;3-2(4,5)1(6)7/h3-9,14,17H,10-13,15,22H2,1-2H3;(H,6,7). The second-order valence-electron chi connectivity index (χ2n) is 7.76. The van der Waals surface area contributed by atoms with Crippen molar-refractivity contribution in [1.82, 2.24) is 4.90 Å². The van der Waals surface area contributed by atoms with Gasteiger partial charge in [0.05, 0.1) is 0 Å². The van der Waals surface area contributed by atoms with Gasteiger partial charge in [0, 0.05) is 45.0 Å². The number of nitrogens with two attached hydrogens (primary N) is 1. The van der Waals surface area contributed by atoms with Gasteiger partial charge in [-0.25, -0.2) is 4.79 Å². The quantitative estimate of drug-likeness (QED) is 0.737. The van der Waals surface area contributed by atoms with Crippen LogP contribution in [0.4, 0.5) is 18.9 Å². The summed E-state index contributed by atoms with van der Waals surface area (Å²) in [6.45, 7) is 2.20. The Hall–Kier alpha value is -3.07. The van der Waals surface area contributed by atoms with Crippen molar-refractivity contribution in [3.63, 3.8) is 0 Å². The van der Waals surface area contributed by atoms with Gasteiger partial charge in [-0.3, -0.25) is 4.79 Å². The molecule has 1 saturated heterocycles. The molecule has 1 heterocycles. The van der Waals surface area contributed by atoms with Crippen LogP contribution >= 0.6 is 0 Å². The molecule has 6 nitrogen and oxygen atoms in total. The van der Waals surface area contributed by atoms with E-state index in [1.165, 1.54) is 11.1 Å². The fourth-order valence-electron chi connectivity index (χ4n) is 3.47. The number of carbonyl (C=O) groups is 2. The third-order valence-corrected chi connectivity index (χ3v) is 5.31. The lowest BCUT2D eigenvalue weighted by Gasteiger charge is -2.32. The van der Waals surface area contributed by atoms with Gasteiger partial charge in [0.15, 0.2) is 0 Å². The summed E-state index contributed by atoms with van der Waals surface area (Å²) in [5.41, 5.74) is 10.2. The van der Waals surface area contributed by atoms with Crippen LogP contribution in [0.15, 0.2) is 48.5 Å². The molecule has 1 amide bonds. The van der Waals surface area contributed by atoms with Crippen LogP contribution in [0.25, 0.3) is 0 Å². The number of halogens is 3. The Labute approximate surface area is 185 Å². The molecule has 0 bridgehead atoms. The SMILES string of the molecule is CN(C)c1ccc(C(=O)N2CCC(c3cccc(CN)c3)CC2)cc1.O=C(O)C(F)(F)F. The van der Waals surface area contributed by atoms with E-state index in [-0.39, 0.29) is 5.91 Å². The van der Waals surface area contributed by atoms with E-state index in [2.05, 4.69) is 24.3 Å². The predicted octanol–water partition coefficient (Wildman–Crippen LogP) is 3.86. The smallest absolute Gasteiger partial charge is 0.475 e. The van der Waals surface area contributed by atoms with Gasteiger partial charge in [-0.05, 0) is 54.2 Å². The first-order chi connectivity index (χ1) is 15.0. The highest BCUT2D eigenvalue weighted by atomic mass is 19.4. The van der Waals surface area contributed by atoms with Crippen molar-refractivity contribution in [2.45, 2.75) is 31.5 Å². The molecule has 2 aromatic carbocycles. The van der Waals surface area contributed by atoms with Crippen LogP contribution in [0.1, 0.15) is 40.2 Å². The first-order valence-electron chi connectivity index (χ1n) is 10.2. The number of hydrogen-bond acceptors (Lipinski definition) is 4. The van der Waals surface area contributed by atoms with Crippen molar-refractivity contribution >= 4 is 17.6 Å². The monoisotopic (exact) mass is 451 g/mol. The maximum Gasteiger partial charge on any atom is 0.490 e. The van der Waals surface area contributed by atoms with Crippen LogP contribution in [0.3, 0.4) is 0 Å². The normalized spacial score (nSPS) is 14.4. The van der Waals surface area contributed by atoms with E-state index in [4.69, 9.17) is 15.6 Å². The maximum atomic E-state index is 12.7. The van der Waals surface area contributed by atoms with Crippen LogP contribution in [0.2, 0.25) is 0 Å². The number of alkyl halides is 3. The third kappa shape index (κ3) is 6.98. The lowest BCUT2D eigenvalue weighted by Crippen LogP contribution is -2.37. The first-order valence-corrected chi connectivity index (χ1v) is 10.2. The molecule has 9 heteroatoms. The number of carboxylic acids is 1. The van der Waals surface area contributed by atoms with Gasteiger partial charge in [0.25, 0.3) is 5.91 Å². The number of aliphatic carboxylic acids is 1. The summed E-state index contributed by atoms with van der Waals surface area (Å²) in [5.74, 6) is -2.10. The summed E-state index contributed by atoms with van der Waals surface area (Å²) in [4.78, 5) is 25.6. The maximum absolute atomic E-state index is 12.7. The molecule has 1 aliphatic rings. The summed E-state index contributed by atoms with van der Waals surface area (Å²) in [6, 6.07) is 16.4. The molecule has 0 radical (unpaired) electrons. The van der Waals surface area contributed by atoms with Crippen molar-refractivity contribution < 1.29 is 27.9 Å². The van der Waals surface area contributed by atoms with Crippen LogP contribution < -0.4 is 10.6 Å². The van der Waals surface area contributed by atoms with Crippen LogP contribution in [0.5, 0.6) is 0 Å². The largest absolute Gasteiger partial charge is 0.490 e. The van der Waals surface area contributed by atoms with Gasteiger partial charge in [-0.2, -0.15) is 13.2 Å². The van der Waals surface area contributed by atoms with Crippen molar-refractivity contribution in [3.05, 3.63) is 65.2 Å². The van der Waals surface area contributed by atoms with Crippen molar-refractivity contribution in [3.8, 4) is 0 Å². The highest BCUT2D eigenvalue weighted by molar-refractivity contribution is 5.94. The Bertz CT molecular complexity index is 907. The Kier molecular flexibility index (Phi) is 8.65. The number of anilines is 1. The molecule has 0 atom stereocenters. The van der Waals surface area contributed by atoms with Gasteiger partial charge in [-0.15, -0.1) is 0 Å². The molecule has 0 spiro atoms. The van der Waals surface area contributed by atoms with Gasteiger partial charge in [0.1, 0.15) is 0 Å². The lowest BCUT2D eigenvalue weighted by atomic mass is 9.88. The zero-order valence-electron chi connectivity index (χ0n) is 18.1. The number of hydrogen-bond donors (Lipinski definition) is 2. The number of amides is 1. The second-order valence-corrected chi connectivity index (χ2v) is 7.76. The summed E-state index contributed by atoms with van der Waals surface area (Å²) < 4.78 is 31.7. The molecule has 1 fully saturated rings. The number of nitrogens with zero attached hydrogens (tertiary/aromatic N) is 2. The van der Waals surface area contributed by atoms with Crippen LogP contribution in [-0.2, 0) is 11.3 Å². The van der Waals surface area contributed by atoms with E-state index in [9.17, 15) is 18.0 Å². The molecular formula is C23H28F3N3O3. The minimum atomic E-state index is -5.08. The van der Waals surface area contributed by atoms with Gasteiger partial charge in [-0.1, -0.05) is 24.3 Å². The van der Waals surface area contributed by atoms with E-state index in [1.54, 1.807) is 0 Å². The van der Waals surface area contributed by atoms with Crippen LogP contribution in [0, 0.1) is 0 Å². The molecule has 174 valence electrons. The fraction of sp³-hybridized carbons (Fsp3) is 0.391. The predicted molar refractivity (Wildman–Crippen MR) is 117 cm³/mol. The molecule has 2 aromatic rings. The minimum Gasteiger partial charge on any atom is -0.475 e. The number of carbonyl (C=O) groups excluding carboxylic acids is 1. The molecule has 0 unspecified atom stereocenters. The zero-order chi connectivity index (χ0) is 23.9. The lowest BCUT2D eigenvalue weighted by molar-refractivity contribution is -0.192. The molecule has 0 saturated carbocycles. The molecule has 3 rings (SSSR count). The molecule has 1 aliphatic heterocycles. The summed E-state index contributed by atoms with van der Waals surface area (Å²) in [5, 5.41) is 7.12. The first kappa shape index (κ1) is 25.2. The topological polar surface area (TPSA) is 86.9 Å². The van der Waals surface area contributed by atoms with Crippen molar-refractivity contribution in [2.24, 2.45) is 5.73 Å². The van der Waals surface area contributed by atoms with E-state index >= 15 is 0 Å². The summed E-state index contributed by atoms with van der Waals surface area (Å²) >= 11 is 0. The minimum absolute atomic E-state index is 0.138. The Morgan fingerprint density at radius 2 is 1.66 bits per heavy atom. The van der Waals surface area contributed by atoms with Crippen molar-refractivity contribution in [2.75, 3.05) is 32.1 Å². The fourth-order valence-corrected chi connectivity index (χ4v) is 3.47. The summed E-state index contributed by atoms with van der Waals surface area (Å²) in [6.07, 6.45) is -3.06. The summed E-state index contributed by atoms with van der Waals surface area (Å²) in [7, 11) is 4.00. The Balaban J connectivity index is 0.000000451. The molecular weight excluding hydrogens is 423 g/mol. The van der Waals surface area contributed by atoms with Gasteiger partial charge < -0.3 is 20.6 Å². The Morgan fingerprint density at radius 1 is 1.09 bits per heavy atom. The van der Waals surface area contributed by atoms with Gasteiger partial charge >= 0.3 is 12.1 Å². The molecule has 0 aromatic heterocycles. The van der Waals surface area contributed by atoms with Crippen LogP contribution in [-0.4, -0.2) is 55.2 Å². The van der Waals surface area contributed by atoms with Crippen molar-refractivity contribution in [1.29, 1.82) is 0 Å². The van der Waals surface area contributed by atoms with E-state index in [0.29, 0.717) is 12.5 Å². The number of rotatable bonds is 4. The zero-order valence-corrected chi connectivity index (χ0v) is 18.1. The number of benzene rings is 2. The highest BCUT2D eigenvalue weighted by Crippen LogP contribution is 2.29.